The topological polar surface area (TPSA) is 54.9 Å². The van der Waals surface area contributed by atoms with Gasteiger partial charge in [-0.2, -0.15) is 13.2 Å². The minimum absolute atomic E-state index is 0. The Labute approximate surface area is 181 Å². The van der Waals surface area contributed by atoms with Gasteiger partial charge in [-0.05, 0) is 44.7 Å². The van der Waals surface area contributed by atoms with E-state index in [2.05, 4.69) is 15.6 Å². The zero-order chi connectivity index (χ0) is 19.7. The molecule has 28 heavy (non-hydrogen) atoms. The van der Waals surface area contributed by atoms with Gasteiger partial charge in [-0.1, -0.05) is 0 Å². The SMILES string of the molecule is CCNC(=NCc1ccc(OC)cc1OC1CCCC1)NCCC(F)(F)F.I. The van der Waals surface area contributed by atoms with Crippen molar-refractivity contribution in [3.8, 4) is 11.5 Å². The zero-order valence-electron chi connectivity index (χ0n) is 16.3. The molecule has 0 aliphatic heterocycles. The fraction of sp³-hybridized carbons (Fsp3) is 0.632. The average Bonchev–Trinajstić information content (AvgIpc) is 3.12. The summed E-state index contributed by atoms with van der Waals surface area (Å²) in [5.41, 5.74) is 0.871. The van der Waals surface area contributed by atoms with Crippen LogP contribution in [0, 0.1) is 0 Å². The van der Waals surface area contributed by atoms with E-state index in [0.717, 1.165) is 37.0 Å². The van der Waals surface area contributed by atoms with Crippen LogP contribution in [0.15, 0.2) is 23.2 Å². The summed E-state index contributed by atoms with van der Waals surface area (Å²) in [5, 5.41) is 5.68. The van der Waals surface area contributed by atoms with Gasteiger partial charge in [0.2, 0.25) is 0 Å². The maximum absolute atomic E-state index is 12.3. The van der Waals surface area contributed by atoms with E-state index in [1.807, 2.05) is 25.1 Å². The van der Waals surface area contributed by atoms with Gasteiger partial charge in [0, 0.05) is 24.7 Å². The second kappa shape index (κ2) is 12.2. The van der Waals surface area contributed by atoms with Gasteiger partial charge in [-0.15, -0.1) is 24.0 Å². The van der Waals surface area contributed by atoms with E-state index in [-0.39, 0.29) is 36.6 Å². The van der Waals surface area contributed by atoms with Gasteiger partial charge >= 0.3 is 6.18 Å². The van der Waals surface area contributed by atoms with Crippen LogP contribution in [-0.4, -0.2) is 38.4 Å². The van der Waals surface area contributed by atoms with Crippen molar-refractivity contribution in [2.45, 2.75) is 57.9 Å². The zero-order valence-corrected chi connectivity index (χ0v) is 18.6. The average molecular weight is 515 g/mol. The van der Waals surface area contributed by atoms with Crippen LogP contribution in [0.3, 0.4) is 0 Å². The Morgan fingerprint density at radius 2 is 1.93 bits per heavy atom. The number of ether oxygens (including phenoxy) is 2. The molecule has 1 aliphatic carbocycles. The summed E-state index contributed by atoms with van der Waals surface area (Å²) in [4.78, 5) is 4.40. The highest BCUT2D eigenvalue weighted by atomic mass is 127. The molecule has 0 saturated heterocycles. The molecule has 2 N–H and O–H groups in total. The quantitative estimate of drug-likeness (QED) is 0.301. The number of alkyl halides is 3. The van der Waals surface area contributed by atoms with Crippen LogP contribution in [0.1, 0.15) is 44.6 Å². The standard InChI is InChI=1S/C19H28F3N3O2.HI/c1-3-23-18(24-11-10-19(20,21)22)25-13-14-8-9-16(26-2)12-17(14)27-15-6-4-5-7-15;/h8-9,12,15H,3-7,10-11,13H2,1-2H3,(H2,23,24,25);1H. The highest BCUT2D eigenvalue weighted by molar-refractivity contribution is 14.0. The molecule has 0 aromatic heterocycles. The van der Waals surface area contributed by atoms with Gasteiger partial charge < -0.3 is 20.1 Å². The first kappa shape index (κ1) is 24.6. The molecule has 1 saturated carbocycles. The summed E-state index contributed by atoms with van der Waals surface area (Å²) in [6.45, 7) is 2.51. The molecule has 1 fully saturated rings. The van der Waals surface area contributed by atoms with Gasteiger partial charge in [0.05, 0.1) is 26.2 Å². The van der Waals surface area contributed by atoms with Gasteiger partial charge in [0.15, 0.2) is 5.96 Å². The molecule has 0 radical (unpaired) electrons. The Morgan fingerprint density at radius 3 is 2.54 bits per heavy atom. The van der Waals surface area contributed by atoms with Gasteiger partial charge in [-0.3, -0.25) is 0 Å². The smallest absolute Gasteiger partial charge is 0.390 e. The lowest BCUT2D eigenvalue weighted by molar-refractivity contribution is -0.132. The van der Waals surface area contributed by atoms with E-state index < -0.39 is 12.6 Å². The molecule has 2 rings (SSSR count). The third-order valence-electron chi connectivity index (χ3n) is 4.32. The molecule has 0 unspecified atom stereocenters. The van der Waals surface area contributed by atoms with Crippen molar-refractivity contribution in [1.82, 2.24) is 10.6 Å². The monoisotopic (exact) mass is 515 g/mol. The Morgan fingerprint density at radius 1 is 1.21 bits per heavy atom. The first-order chi connectivity index (χ1) is 12.9. The molecule has 160 valence electrons. The fourth-order valence-electron chi connectivity index (χ4n) is 2.92. The molecule has 1 aromatic rings. The molecule has 1 aromatic carbocycles. The van der Waals surface area contributed by atoms with Crippen molar-refractivity contribution in [3.05, 3.63) is 23.8 Å². The van der Waals surface area contributed by atoms with Gasteiger partial charge in [0.25, 0.3) is 0 Å². The maximum atomic E-state index is 12.3. The van der Waals surface area contributed by atoms with Crippen molar-refractivity contribution >= 4 is 29.9 Å². The van der Waals surface area contributed by atoms with Gasteiger partial charge in [-0.25, -0.2) is 4.99 Å². The molecule has 0 spiro atoms. The summed E-state index contributed by atoms with van der Waals surface area (Å²) in [6, 6.07) is 5.55. The molecule has 1 aliphatic rings. The molecular weight excluding hydrogens is 486 g/mol. The van der Waals surface area contributed by atoms with Crippen molar-refractivity contribution in [2.75, 3.05) is 20.2 Å². The molecular formula is C19H29F3IN3O2. The van der Waals surface area contributed by atoms with Crippen LogP contribution >= 0.6 is 24.0 Å². The molecule has 0 amide bonds. The largest absolute Gasteiger partial charge is 0.497 e. The normalized spacial score (nSPS) is 15.1. The van der Waals surface area contributed by atoms with Crippen LogP contribution in [-0.2, 0) is 6.54 Å². The fourth-order valence-corrected chi connectivity index (χ4v) is 2.92. The van der Waals surface area contributed by atoms with E-state index in [1.54, 1.807) is 7.11 Å². The Kier molecular flexibility index (Phi) is 10.8. The van der Waals surface area contributed by atoms with Crippen molar-refractivity contribution < 1.29 is 22.6 Å². The molecule has 5 nitrogen and oxygen atoms in total. The van der Waals surface area contributed by atoms with Crippen molar-refractivity contribution in [3.63, 3.8) is 0 Å². The lowest BCUT2D eigenvalue weighted by atomic mass is 10.2. The second-order valence-electron chi connectivity index (χ2n) is 6.49. The number of methoxy groups -OCH3 is 1. The molecule has 0 bridgehead atoms. The number of nitrogens with one attached hydrogen (secondary N) is 2. The number of halogens is 4. The number of hydrogen-bond donors (Lipinski definition) is 2. The summed E-state index contributed by atoms with van der Waals surface area (Å²) in [7, 11) is 1.60. The number of aliphatic imine (C=N–C) groups is 1. The first-order valence-corrected chi connectivity index (χ1v) is 9.33. The highest BCUT2D eigenvalue weighted by Gasteiger charge is 2.26. The first-order valence-electron chi connectivity index (χ1n) is 9.33. The predicted octanol–water partition coefficient (Wildman–Crippen LogP) is 4.64. The maximum Gasteiger partial charge on any atom is 0.390 e. The highest BCUT2D eigenvalue weighted by Crippen LogP contribution is 2.30. The number of nitrogens with zero attached hydrogens (tertiary/aromatic N) is 1. The molecule has 0 atom stereocenters. The minimum atomic E-state index is -4.19. The van der Waals surface area contributed by atoms with Crippen LogP contribution in [0.5, 0.6) is 11.5 Å². The van der Waals surface area contributed by atoms with E-state index in [9.17, 15) is 13.2 Å². The molecule has 0 heterocycles. The number of benzene rings is 1. The van der Waals surface area contributed by atoms with Gasteiger partial charge in [0.1, 0.15) is 11.5 Å². The number of guanidine groups is 1. The lowest BCUT2D eigenvalue weighted by Crippen LogP contribution is -2.38. The van der Waals surface area contributed by atoms with E-state index in [1.165, 1.54) is 0 Å². The Hall–Kier alpha value is -1.39. The molecule has 9 heteroatoms. The summed E-state index contributed by atoms with van der Waals surface area (Å²) >= 11 is 0. The van der Waals surface area contributed by atoms with Crippen LogP contribution in [0.25, 0.3) is 0 Å². The van der Waals surface area contributed by atoms with Crippen LogP contribution in [0.4, 0.5) is 13.2 Å². The third kappa shape index (κ3) is 8.74. The number of hydrogen-bond acceptors (Lipinski definition) is 3. The van der Waals surface area contributed by atoms with E-state index in [0.29, 0.717) is 24.8 Å². The van der Waals surface area contributed by atoms with Crippen LogP contribution in [0.2, 0.25) is 0 Å². The summed E-state index contributed by atoms with van der Waals surface area (Å²) in [5.74, 6) is 1.77. The second-order valence-corrected chi connectivity index (χ2v) is 6.49. The summed E-state index contributed by atoms with van der Waals surface area (Å²) < 4.78 is 48.4. The predicted molar refractivity (Wildman–Crippen MR) is 115 cm³/mol. The minimum Gasteiger partial charge on any atom is -0.497 e. The lowest BCUT2D eigenvalue weighted by Gasteiger charge is -2.17. The summed E-state index contributed by atoms with van der Waals surface area (Å²) in [6.07, 6.45) is -0.522. The van der Waals surface area contributed by atoms with E-state index >= 15 is 0 Å². The Balaban J connectivity index is 0.00000392. The van der Waals surface area contributed by atoms with Crippen molar-refractivity contribution in [2.24, 2.45) is 4.99 Å². The van der Waals surface area contributed by atoms with Crippen molar-refractivity contribution in [1.29, 1.82) is 0 Å². The number of rotatable bonds is 8. The third-order valence-corrected chi connectivity index (χ3v) is 4.32. The Bertz CT molecular complexity index is 621. The van der Waals surface area contributed by atoms with Crippen LogP contribution < -0.4 is 20.1 Å². The van der Waals surface area contributed by atoms with E-state index in [4.69, 9.17) is 9.47 Å².